The summed E-state index contributed by atoms with van der Waals surface area (Å²) in [5, 5.41) is 0. The van der Waals surface area contributed by atoms with Crippen molar-refractivity contribution in [3.8, 4) is 0 Å². The van der Waals surface area contributed by atoms with Crippen LogP contribution in [0.5, 0.6) is 0 Å². The fourth-order valence-corrected chi connectivity index (χ4v) is 1.38. The van der Waals surface area contributed by atoms with Crippen LogP contribution >= 0.6 is 0 Å². The minimum atomic E-state index is 0.394. The van der Waals surface area contributed by atoms with Gasteiger partial charge >= 0.3 is 0 Å². The number of hydrogen-bond donors (Lipinski definition) is 0. The van der Waals surface area contributed by atoms with E-state index in [4.69, 9.17) is 0 Å². The Kier molecular flexibility index (Phi) is 1.75. The third kappa shape index (κ3) is 0.919. The first-order chi connectivity index (χ1) is 4.66. The van der Waals surface area contributed by atoms with Crippen molar-refractivity contribution < 1.29 is 0 Å². The van der Waals surface area contributed by atoms with Crippen LogP contribution in [0.25, 0.3) is 0 Å². The van der Waals surface area contributed by atoms with Crippen molar-refractivity contribution in [3.63, 3.8) is 0 Å². The van der Waals surface area contributed by atoms with Gasteiger partial charge in [-0.25, -0.2) is 0 Å². The van der Waals surface area contributed by atoms with Crippen LogP contribution in [0.2, 0.25) is 0 Å². The van der Waals surface area contributed by atoms with Gasteiger partial charge in [0.1, 0.15) is 0 Å². The molecule has 0 aromatic carbocycles. The highest BCUT2D eigenvalue weighted by atomic mass is 14.7. The first kappa shape index (κ1) is 7.26. The van der Waals surface area contributed by atoms with Crippen LogP contribution < -0.4 is 0 Å². The molecule has 1 aliphatic carbocycles. The van der Waals surface area contributed by atoms with Gasteiger partial charge in [-0.1, -0.05) is 24.3 Å². The van der Waals surface area contributed by atoms with Crippen molar-refractivity contribution in [3.05, 3.63) is 24.3 Å². The predicted molar refractivity (Wildman–Crippen MR) is 45.4 cm³/mol. The average Bonchev–Trinajstić information content (AvgIpc) is 1.80. The Balaban J connectivity index is 2.75. The van der Waals surface area contributed by atoms with Crippen LogP contribution in [0.15, 0.2) is 29.3 Å². The summed E-state index contributed by atoms with van der Waals surface area (Å²) in [6, 6.07) is 0. The highest BCUT2D eigenvalue weighted by Gasteiger charge is 2.29. The SMILES string of the molecule is C=C(C)C1C(=C)C/C1=N\C. The van der Waals surface area contributed by atoms with E-state index in [0.717, 1.165) is 12.0 Å². The number of aliphatic imine (C=N–C) groups is 1. The third-order valence-corrected chi connectivity index (χ3v) is 1.93. The van der Waals surface area contributed by atoms with Gasteiger partial charge in [-0.2, -0.15) is 0 Å². The van der Waals surface area contributed by atoms with E-state index in [2.05, 4.69) is 18.2 Å². The lowest BCUT2D eigenvalue weighted by molar-refractivity contribution is 0.816. The van der Waals surface area contributed by atoms with E-state index in [1.54, 1.807) is 0 Å². The molecule has 10 heavy (non-hydrogen) atoms. The summed E-state index contributed by atoms with van der Waals surface area (Å²) in [5.41, 5.74) is 3.66. The molecule has 0 aromatic heterocycles. The van der Waals surface area contributed by atoms with E-state index in [9.17, 15) is 0 Å². The van der Waals surface area contributed by atoms with E-state index in [1.807, 2.05) is 14.0 Å². The molecule has 1 fully saturated rings. The van der Waals surface area contributed by atoms with Gasteiger partial charge in [0.25, 0.3) is 0 Å². The molecule has 1 atom stereocenters. The molecule has 0 aromatic rings. The molecule has 54 valence electrons. The van der Waals surface area contributed by atoms with Crippen LogP contribution in [0, 0.1) is 5.92 Å². The van der Waals surface area contributed by atoms with Gasteiger partial charge < -0.3 is 0 Å². The van der Waals surface area contributed by atoms with Gasteiger partial charge in [-0.05, 0) is 6.92 Å². The first-order valence-corrected chi connectivity index (χ1v) is 3.45. The summed E-state index contributed by atoms with van der Waals surface area (Å²) >= 11 is 0. The molecular formula is C9H13N. The van der Waals surface area contributed by atoms with Gasteiger partial charge in [0.2, 0.25) is 0 Å². The summed E-state index contributed by atoms with van der Waals surface area (Å²) in [5.74, 6) is 0.394. The fraction of sp³-hybridized carbons (Fsp3) is 0.444. The van der Waals surface area contributed by atoms with Crippen LogP contribution in [0.3, 0.4) is 0 Å². The molecule has 1 heteroatoms. The summed E-state index contributed by atoms with van der Waals surface area (Å²) in [4.78, 5) is 4.14. The Bertz CT molecular complexity index is 203. The lowest BCUT2D eigenvalue weighted by Crippen LogP contribution is -2.29. The van der Waals surface area contributed by atoms with E-state index < -0.39 is 0 Å². The second-order valence-electron chi connectivity index (χ2n) is 2.83. The number of nitrogens with zero attached hydrogens (tertiary/aromatic N) is 1. The maximum absolute atomic E-state index is 4.14. The summed E-state index contributed by atoms with van der Waals surface area (Å²) in [6.45, 7) is 9.83. The van der Waals surface area contributed by atoms with E-state index in [-0.39, 0.29) is 0 Å². The average molecular weight is 135 g/mol. The number of allylic oxidation sites excluding steroid dienone is 2. The molecule has 0 bridgehead atoms. The van der Waals surface area contributed by atoms with Gasteiger partial charge in [0.15, 0.2) is 0 Å². The minimum Gasteiger partial charge on any atom is -0.296 e. The van der Waals surface area contributed by atoms with Crippen LogP contribution in [-0.4, -0.2) is 12.8 Å². The molecule has 1 unspecified atom stereocenters. The standard InChI is InChI=1S/C9H13N/c1-6(2)9-7(3)5-8(9)10-4/h9H,1,3,5H2,2,4H3/b10-8+. The van der Waals surface area contributed by atoms with Crippen molar-refractivity contribution in [2.75, 3.05) is 7.05 Å². The Hall–Kier alpha value is -0.850. The fourth-order valence-electron chi connectivity index (χ4n) is 1.38. The van der Waals surface area contributed by atoms with E-state index in [0.29, 0.717) is 5.92 Å². The van der Waals surface area contributed by atoms with E-state index in [1.165, 1.54) is 11.3 Å². The van der Waals surface area contributed by atoms with Crippen LogP contribution in [-0.2, 0) is 0 Å². The minimum absolute atomic E-state index is 0.394. The molecule has 0 amide bonds. The molecule has 0 spiro atoms. The Morgan fingerprint density at radius 1 is 1.70 bits per heavy atom. The molecule has 0 radical (unpaired) electrons. The van der Waals surface area contributed by atoms with Crippen molar-refractivity contribution in [2.45, 2.75) is 13.3 Å². The van der Waals surface area contributed by atoms with Crippen molar-refractivity contribution in [1.29, 1.82) is 0 Å². The molecule has 0 saturated heterocycles. The highest BCUT2D eigenvalue weighted by molar-refractivity contribution is 6.00. The Labute approximate surface area is 62.2 Å². The van der Waals surface area contributed by atoms with Gasteiger partial charge in [-0.3, -0.25) is 4.99 Å². The largest absolute Gasteiger partial charge is 0.296 e. The van der Waals surface area contributed by atoms with Gasteiger partial charge in [0.05, 0.1) is 0 Å². The second-order valence-corrected chi connectivity index (χ2v) is 2.83. The van der Waals surface area contributed by atoms with Crippen molar-refractivity contribution in [1.82, 2.24) is 0 Å². The maximum atomic E-state index is 4.14. The van der Waals surface area contributed by atoms with Crippen LogP contribution in [0.1, 0.15) is 13.3 Å². The molecule has 1 nitrogen and oxygen atoms in total. The molecule has 0 aliphatic heterocycles. The normalized spacial score (nSPS) is 28.4. The molecule has 0 heterocycles. The van der Waals surface area contributed by atoms with Crippen molar-refractivity contribution >= 4 is 5.71 Å². The molecular weight excluding hydrogens is 122 g/mol. The Morgan fingerprint density at radius 2 is 2.30 bits per heavy atom. The van der Waals surface area contributed by atoms with E-state index >= 15 is 0 Å². The topological polar surface area (TPSA) is 12.4 Å². The zero-order valence-corrected chi connectivity index (χ0v) is 6.65. The summed E-state index contributed by atoms with van der Waals surface area (Å²) in [7, 11) is 1.83. The monoisotopic (exact) mass is 135 g/mol. The van der Waals surface area contributed by atoms with Gasteiger partial charge in [-0.15, -0.1) is 0 Å². The summed E-state index contributed by atoms with van der Waals surface area (Å²) in [6.07, 6.45) is 0.980. The lowest BCUT2D eigenvalue weighted by atomic mass is 9.74. The third-order valence-electron chi connectivity index (χ3n) is 1.93. The molecule has 1 aliphatic rings. The van der Waals surface area contributed by atoms with Crippen molar-refractivity contribution in [2.24, 2.45) is 10.9 Å². The smallest absolute Gasteiger partial charge is 0.0386 e. The predicted octanol–water partition coefficient (Wildman–Crippen LogP) is 2.21. The summed E-state index contributed by atoms with van der Waals surface area (Å²) < 4.78 is 0. The maximum Gasteiger partial charge on any atom is 0.0386 e. The molecule has 0 N–H and O–H groups in total. The van der Waals surface area contributed by atoms with Crippen LogP contribution in [0.4, 0.5) is 0 Å². The highest BCUT2D eigenvalue weighted by Crippen LogP contribution is 2.34. The number of hydrogen-bond acceptors (Lipinski definition) is 1. The Morgan fingerprint density at radius 3 is 2.50 bits per heavy atom. The zero-order valence-electron chi connectivity index (χ0n) is 6.65. The molecule has 1 rings (SSSR count). The lowest BCUT2D eigenvalue weighted by Gasteiger charge is -2.31. The second kappa shape index (κ2) is 2.41. The quantitative estimate of drug-likeness (QED) is 0.489. The molecule has 1 saturated carbocycles. The number of rotatable bonds is 1. The first-order valence-electron chi connectivity index (χ1n) is 3.45. The zero-order chi connectivity index (χ0) is 7.72. The van der Waals surface area contributed by atoms with Gasteiger partial charge in [0, 0.05) is 25.1 Å².